The molecule has 0 aromatic heterocycles. The van der Waals surface area contributed by atoms with E-state index in [0.29, 0.717) is 0 Å². The number of benzene rings is 3. The highest BCUT2D eigenvalue weighted by atomic mass is 16.5. The predicted octanol–water partition coefficient (Wildman–Crippen LogP) is 1.43. The van der Waals surface area contributed by atoms with Crippen molar-refractivity contribution in [3.8, 4) is 0 Å². The normalized spacial score (nSPS) is 15.8. The van der Waals surface area contributed by atoms with Crippen LogP contribution in [-0.4, -0.2) is 63.2 Å². The summed E-state index contributed by atoms with van der Waals surface area (Å²) in [5.41, 5.74) is 1.38. The summed E-state index contributed by atoms with van der Waals surface area (Å²) in [5.74, 6) is 0. The second-order valence-electron chi connectivity index (χ2n) is 7.39. The monoisotopic (exact) mass is 424 g/mol. The molecule has 4 atom stereocenters. The van der Waals surface area contributed by atoms with Crippen molar-refractivity contribution in [2.45, 2.75) is 30.0 Å². The Balaban J connectivity index is 2.02. The van der Waals surface area contributed by atoms with E-state index in [4.69, 9.17) is 9.84 Å². The number of aliphatic hydroxyl groups is 5. The Kier molecular flexibility index (Phi) is 7.92. The van der Waals surface area contributed by atoms with Gasteiger partial charge in [-0.05, 0) is 16.7 Å². The van der Waals surface area contributed by atoms with Gasteiger partial charge in [0, 0.05) is 0 Å². The molecule has 0 aliphatic heterocycles. The second-order valence-corrected chi connectivity index (χ2v) is 7.39. The summed E-state index contributed by atoms with van der Waals surface area (Å²) in [4.78, 5) is 0. The zero-order valence-electron chi connectivity index (χ0n) is 17.0. The Morgan fingerprint density at radius 3 is 1.29 bits per heavy atom. The van der Waals surface area contributed by atoms with Crippen molar-refractivity contribution in [2.75, 3.05) is 13.2 Å². The third-order valence-electron chi connectivity index (χ3n) is 5.34. The molecule has 0 aliphatic carbocycles. The average molecular weight is 424 g/mol. The first-order valence-corrected chi connectivity index (χ1v) is 10.1. The summed E-state index contributed by atoms with van der Waals surface area (Å²) in [6.45, 7) is -1.08. The summed E-state index contributed by atoms with van der Waals surface area (Å²) < 4.78 is 6.37. The van der Waals surface area contributed by atoms with Crippen LogP contribution in [0.2, 0.25) is 0 Å². The smallest absolute Gasteiger partial charge is 0.143 e. The first-order valence-electron chi connectivity index (χ1n) is 10.1. The standard InChI is InChI=1S/C25H28O6/c26-16-21(27)23(29)24(30)22(28)17-31-25(18-10-4-1-5-11-18,19-12-6-2-7-13-19)20-14-8-3-9-15-20/h1-15,21-24,26-30H,16-17H2/t21-,22+,23+,24-/m0/s1. The van der Waals surface area contributed by atoms with Crippen LogP contribution in [-0.2, 0) is 10.3 Å². The van der Waals surface area contributed by atoms with Gasteiger partial charge < -0.3 is 30.3 Å². The van der Waals surface area contributed by atoms with Crippen molar-refractivity contribution in [3.63, 3.8) is 0 Å². The van der Waals surface area contributed by atoms with Gasteiger partial charge in [0.1, 0.15) is 30.0 Å². The number of hydrogen-bond donors (Lipinski definition) is 5. The van der Waals surface area contributed by atoms with Crippen LogP contribution in [0.25, 0.3) is 0 Å². The number of ether oxygens (including phenoxy) is 1. The largest absolute Gasteiger partial charge is 0.394 e. The molecule has 0 saturated carbocycles. The second kappa shape index (κ2) is 10.6. The van der Waals surface area contributed by atoms with Gasteiger partial charge in [-0.3, -0.25) is 0 Å². The maximum Gasteiger partial charge on any atom is 0.143 e. The van der Waals surface area contributed by atoms with Crippen LogP contribution in [0.4, 0.5) is 0 Å². The van der Waals surface area contributed by atoms with Crippen LogP contribution in [0, 0.1) is 0 Å². The van der Waals surface area contributed by atoms with Crippen LogP contribution < -0.4 is 0 Å². The third-order valence-corrected chi connectivity index (χ3v) is 5.34. The lowest BCUT2D eigenvalue weighted by molar-refractivity contribution is -0.140. The minimum absolute atomic E-state index is 0.338. The molecule has 0 spiro atoms. The van der Waals surface area contributed by atoms with Crippen LogP contribution in [0.3, 0.4) is 0 Å². The SMILES string of the molecule is OC[C@H](O)[C@@H](O)[C@@H](O)[C@H](O)COC(c1ccccc1)(c1ccccc1)c1ccccc1. The first-order chi connectivity index (χ1) is 15.0. The van der Waals surface area contributed by atoms with Crippen molar-refractivity contribution < 1.29 is 30.3 Å². The fraction of sp³-hybridized carbons (Fsp3) is 0.280. The number of hydrogen-bond acceptors (Lipinski definition) is 6. The summed E-state index contributed by atoms with van der Waals surface area (Å²) in [7, 11) is 0. The molecule has 0 unspecified atom stereocenters. The van der Waals surface area contributed by atoms with E-state index < -0.39 is 36.6 Å². The van der Waals surface area contributed by atoms with Gasteiger partial charge in [0.15, 0.2) is 0 Å². The number of rotatable bonds is 10. The highest BCUT2D eigenvalue weighted by Crippen LogP contribution is 2.40. The molecular weight excluding hydrogens is 396 g/mol. The zero-order chi connectivity index (χ0) is 22.3. The summed E-state index contributed by atoms with van der Waals surface area (Å²) >= 11 is 0. The molecule has 6 nitrogen and oxygen atoms in total. The van der Waals surface area contributed by atoms with Gasteiger partial charge in [-0.15, -0.1) is 0 Å². The summed E-state index contributed by atoms with van der Waals surface area (Å²) in [6.07, 6.45) is -6.51. The van der Waals surface area contributed by atoms with Gasteiger partial charge in [-0.2, -0.15) is 0 Å². The van der Waals surface area contributed by atoms with E-state index in [1.807, 2.05) is 91.0 Å². The molecule has 5 N–H and O–H groups in total. The third kappa shape index (κ3) is 5.02. The van der Waals surface area contributed by atoms with Gasteiger partial charge >= 0.3 is 0 Å². The van der Waals surface area contributed by atoms with Crippen LogP contribution in [0.1, 0.15) is 16.7 Å². The van der Waals surface area contributed by atoms with E-state index in [9.17, 15) is 20.4 Å². The maximum absolute atomic E-state index is 10.5. The maximum atomic E-state index is 10.5. The van der Waals surface area contributed by atoms with Crippen molar-refractivity contribution >= 4 is 0 Å². The Hall–Kier alpha value is -2.58. The molecule has 0 bridgehead atoms. The van der Waals surface area contributed by atoms with E-state index in [1.165, 1.54) is 0 Å². The lowest BCUT2D eigenvalue weighted by atomic mass is 9.80. The van der Waals surface area contributed by atoms with Crippen molar-refractivity contribution in [1.82, 2.24) is 0 Å². The van der Waals surface area contributed by atoms with Crippen molar-refractivity contribution in [1.29, 1.82) is 0 Å². The van der Waals surface area contributed by atoms with Crippen LogP contribution in [0.15, 0.2) is 91.0 Å². The van der Waals surface area contributed by atoms with Gasteiger partial charge in [-0.1, -0.05) is 91.0 Å². The minimum Gasteiger partial charge on any atom is -0.394 e. The fourth-order valence-electron chi connectivity index (χ4n) is 3.64. The topological polar surface area (TPSA) is 110 Å². The quantitative estimate of drug-likeness (QED) is 0.315. The van der Waals surface area contributed by atoms with Crippen molar-refractivity contribution in [2.24, 2.45) is 0 Å². The van der Waals surface area contributed by atoms with E-state index in [0.717, 1.165) is 16.7 Å². The molecule has 0 fully saturated rings. The zero-order valence-corrected chi connectivity index (χ0v) is 17.0. The minimum atomic E-state index is -1.72. The molecule has 3 aromatic rings. The fourth-order valence-corrected chi connectivity index (χ4v) is 3.64. The average Bonchev–Trinajstić information content (AvgIpc) is 2.84. The van der Waals surface area contributed by atoms with E-state index in [2.05, 4.69) is 0 Å². The highest BCUT2D eigenvalue weighted by Gasteiger charge is 2.39. The van der Waals surface area contributed by atoms with Gasteiger partial charge in [0.05, 0.1) is 13.2 Å². The van der Waals surface area contributed by atoms with Crippen LogP contribution in [0.5, 0.6) is 0 Å². The lowest BCUT2D eigenvalue weighted by Crippen LogP contribution is -2.48. The van der Waals surface area contributed by atoms with Gasteiger partial charge in [0.25, 0.3) is 0 Å². The molecule has 164 valence electrons. The van der Waals surface area contributed by atoms with E-state index >= 15 is 0 Å². The molecule has 3 aromatic carbocycles. The Bertz CT molecular complexity index is 806. The molecule has 0 heterocycles. The van der Waals surface area contributed by atoms with E-state index in [1.54, 1.807) is 0 Å². The molecule has 0 aliphatic rings. The molecular formula is C25H28O6. The molecule has 6 heteroatoms. The highest BCUT2D eigenvalue weighted by molar-refractivity contribution is 5.47. The number of aliphatic hydroxyl groups excluding tert-OH is 5. The van der Waals surface area contributed by atoms with Crippen LogP contribution >= 0.6 is 0 Å². The van der Waals surface area contributed by atoms with Crippen molar-refractivity contribution in [3.05, 3.63) is 108 Å². The Labute approximate surface area is 181 Å². The molecule has 0 amide bonds. The summed E-state index contributed by atoms with van der Waals surface area (Å²) in [5, 5.41) is 49.3. The van der Waals surface area contributed by atoms with Gasteiger partial charge in [-0.25, -0.2) is 0 Å². The predicted molar refractivity (Wildman–Crippen MR) is 116 cm³/mol. The molecule has 3 rings (SSSR count). The lowest BCUT2D eigenvalue weighted by Gasteiger charge is -2.37. The first kappa shape index (κ1) is 23.1. The molecule has 31 heavy (non-hydrogen) atoms. The molecule has 0 radical (unpaired) electrons. The van der Waals surface area contributed by atoms with E-state index in [-0.39, 0.29) is 6.61 Å². The molecule has 0 saturated heterocycles. The van der Waals surface area contributed by atoms with Gasteiger partial charge in [0.2, 0.25) is 0 Å². The summed E-state index contributed by atoms with van der Waals surface area (Å²) in [6, 6.07) is 28.6. The Morgan fingerprint density at radius 2 is 0.935 bits per heavy atom. The Morgan fingerprint density at radius 1 is 0.581 bits per heavy atom.